The van der Waals surface area contributed by atoms with Crippen molar-refractivity contribution in [2.45, 2.75) is 13.1 Å². The maximum atomic E-state index is 13.0. The van der Waals surface area contributed by atoms with Crippen LogP contribution >= 0.6 is 0 Å². The van der Waals surface area contributed by atoms with Crippen LogP contribution in [0, 0.1) is 6.92 Å². The standard InChI is InChI=1S/C18H14F3N3O2/c1-11-15(22-17(26-11)12-7-3-2-4-8-12)16(25)24-23-14-10-6-5-9-13(14)18(19,20)21/h2-10,23H,1H3,(H,24,25). The van der Waals surface area contributed by atoms with E-state index in [0.29, 0.717) is 5.56 Å². The Hall–Kier alpha value is -3.29. The van der Waals surface area contributed by atoms with Gasteiger partial charge < -0.3 is 4.42 Å². The Bertz CT molecular complexity index is 921. The van der Waals surface area contributed by atoms with Crippen LogP contribution in [0.25, 0.3) is 11.5 Å². The molecule has 2 N–H and O–H groups in total. The summed E-state index contributed by atoms with van der Waals surface area (Å²) in [4.78, 5) is 16.4. The summed E-state index contributed by atoms with van der Waals surface area (Å²) in [6, 6.07) is 13.8. The van der Waals surface area contributed by atoms with Crippen LogP contribution < -0.4 is 10.9 Å². The summed E-state index contributed by atoms with van der Waals surface area (Å²) in [5.74, 6) is -0.193. The van der Waals surface area contributed by atoms with Gasteiger partial charge in [-0.25, -0.2) is 4.98 Å². The van der Waals surface area contributed by atoms with Crippen molar-refractivity contribution in [1.82, 2.24) is 10.4 Å². The number of anilines is 1. The summed E-state index contributed by atoms with van der Waals surface area (Å²) < 4.78 is 44.4. The van der Waals surface area contributed by atoms with Gasteiger partial charge in [-0.15, -0.1) is 0 Å². The Balaban J connectivity index is 1.77. The highest BCUT2D eigenvalue weighted by atomic mass is 19.4. The number of halogens is 3. The molecule has 0 saturated heterocycles. The molecule has 0 fully saturated rings. The minimum absolute atomic E-state index is 0.0131. The predicted octanol–water partition coefficient (Wildman–Crippen LogP) is 4.43. The van der Waals surface area contributed by atoms with Gasteiger partial charge in [0, 0.05) is 5.56 Å². The number of aryl methyl sites for hydroxylation is 1. The quantitative estimate of drug-likeness (QED) is 0.675. The van der Waals surface area contributed by atoms with Crippen LogP contribution in [0.5, 0.6) is 0 Å². The van der Waals surface area contributed by atoms with E-state index in [-0.39, 0.29) is 23.0 Å². The molecule has 0 aliphatic rings. The zero-order chi connectivity index (χ0) is 18.7. The van der Waals surface area contributed by atoms with E-state index in [1.54, 1.807) is 31.2 Å². The zero-order valence-electron chi connectivity index (χ0n) is 13.6. The average molecular weight is 361 g/mol. The Morgan fingerprint density at radius 3 is 2.38 bits per heavy atom. The molecule has 0 radical (unpaired) electrons. The summed E-state index contributed by atoms with van der Waals surface area (Å²) in [5.41, 5.74) is 4.03. The van der Waals surface area contributed by atoms with Crippen molar-refractivity contribution in [1.29, 1.82) is 0 Å². The van der Waals surface area contributed by atoms with E-state index in [0.717, 1.165) is 6.07 Å². The summed E-state index contributed by atoms with van der Waals surface area (Å²) in [6.45, 7) is 1.55. The van der Waals surface area contributed by atoms with Crippen LogP contribution in [0.3, 0.4) is 0 Å². The smallest absolute Gasteiger partial charge is 0.418 e. The number of hydrogen-bond acceptors (Lipinski definition) is 4. The second-order valence-electron chi connectivity index (χ2n) is 5.41. The van der Waals surface area contributed by atoms with E-state index in [4.69, 9.17) is 4.42 Å². The number of rotatable bonds is 4. The maximum absolute atomic E-state index is 13.0. The van der Waals surface area contributed by atoms with Gasteiger partial charge in [-0.05, 0) is 31.2 Å². The largest absolute Gasteiger partial charge is 0.441 e. The van der Waals surface area contributed by atoms with E-state index >= 15 is 0 Å². The third-order valence-corrected chi connectivity index (χ3v) is 3.58. The van der Waals surface area contributed by atoms with E-state index in [1.165, 1.54) is 18.2 Å². The monoisotopic (exact) mass is 361 g/mol. The van der Waals surface area contributed by atoms with E-state index in [2.05, 4.69) is 15.8 Å². The lowest BCUT2D eigenvalue weighted by molar-refractivity contribution is -0.137. The SMILES string of the molecule is Cc1oc(-c2ccccc2)nc1C(=O)NNc1ccccc1C(F)(F)F. The molecule has 0 unspecified atom stereocenters. The van der Waals surface area contributed by atoms with E-state index in [9.17, 15) is 18.0 Å². The van der Waals surface area contributed by atoms with Gasteiger partial charge in [-0.3, -0.25) is 15.6 Å². The zero-order valence-corrected chi connectivity index (χ0v) is 13.6. The number of carbonyl (C=O) groups is 1. The Morgan fingerprint density at radius 1 is 1.04 bits per heavy atom. The molecular weight excluding hydrogens is 347 g/mol. The van der Waals surface area contributed by atoms with Gasteiger partial charge in [-0.1, -0.05) is 30.3 Å². The number of alkyl halides is 3. The molecule has 5 nitrogen and oxygen atoms in total. The number of amides is 1. The first-order valence-corrected chi connectivity index (χ1v) is 7.61. The summed E-state index contributed by atoms with van der Waals surface area (Å²) >= 11 is 0. The third-order valence-electron chi connectivity index (χ3n) is 3.58. The first-order valence-electron chi connectivity index (χ1n) is 7.61. The van der Waals surface area contributed by atoms with Gasteiger partial charge >= 0.3 is 6.18 Å². The molecule has 3 rings (SSSR count). The topological polar surface area (TPSA) is 67.2 Å². The maximum Gasteiger partial charge on any atom is 0.418 e. The van der Waals surface area contributed by atoms with Crippen molar-refractivity contribution < 1.29 is 22.4 Å². The number of aromatic nitrogens is 1. The fraction of sp³-hybridized carbons (Fsp3) is 0.111. The second kappa shape index (κ2) is 6.91. The molecule has 1 aromatic heterocycles. The molecule has 134 valence electrons. The first-order chi connectivity index (χ1) is 12.4. The van der Waals surface area contributed by atoms with Crippen molar-refractivity contribution in [3.8, 4) is 11.5 Å². The Morgan fingerprint density at radius 2 is 1.69 bits per heavy atom. The van der Waals surface area contributed by atoms with Gasteiger partial charge in [0.05, 0.1) is 11.3 Å². The van der Waals surface area contributed by atoms with E-state index < -0.39 is 17.6 Å². The molecule has 0 aliphatic heterocycles. The lowest BCUT2D eigenvalue weighted by atomic mass is 10.2. The fourth-order valence-corrected chi connectivity index (χ4v) is 2.33. The molecule has 1 amide bonds. The highest BCUT2D eigenvalue weighted by molar-refractivity contribution is 5.94. The molecule has 0 spiro atoms. The van der Waals surface area contributed by atoms with Crippen LogP contribution in [0.1, 0.15) is 21.8 Å². The summed E-state index contributed by atoms with van der Waals surface area (Å²) in [5, 5.41) is 0. The highest BCUT2D eigenvalue weighted by Crippen LogP contribution is 2.34. The molecular formula is C18H14F3N3O2. The fourth-order valence-electron chi connectivity index (χ4n) is 2.33. The van der Waals surface area contributed by atoms with Crippen molar-refractivity contribution in [3.05, 3.63) is 71.6 Å². The van der Waals surface area contributed by atoms with Crippen LogP contribution in [0.15, 0.2) is 59.0 Å². The lowest BCUT2D eigenvalue weighted by Crippen LogP contribution is -2.31. The third kappa shape index (κ3) is 3.69. The van der Waals surface area contributed by atoms with Crippen molar-refractivity contribution in [2.24, 2.45) is 0 Å². The second-order valence-corrected chi connectivity index (χ2v) is 5.41. The number of oxazole rings is 1. The van der Waals surface area contributed by atoms with Crippen LogP contribution in [0.4, 0.5) is 18.9 Å². The lowest BCUT2D eigenvalue weighted by Gasteiger charge is -2.14. The first kappa shape index (κ1) is 17.5. The van der Waals surface area contributed by atoms with Gasteiger partial charge in [0.15, 0.2) is 5.69 Å². The number of hydrogen-bond donors (Lipinski definition) is 2. The van der Waals surface area contributed by atoms with Crippen molar-refractivity contribution >= 4 is 11.6 Å². The molecule has 26 heavy (non-hydrogen) atoms. The minimum Gasteiger partial charge on any atom is -0.441 e. The van der Waals surface area contributed by atoms with Crippen molar-refractivity contribution in [3.63, 3.8) is 0 Å². The van der Waals surface area contributed by atoms with Crippen LogP contribution in [0.2, 0.25) is 0 Å². The molecule has 2 aromatic carbocycles. The molecule has 0 atom stereocenters. The molecule has 0 saturated carbocycles. The number of carbonyl (C=O) groups excluding carboxylic acids is 1. The Labute approximate surface area is 146 Å². The normalized spacial score (nSPS) is 11.2. The summed E-state index contributed by atoms with van der Waals surface area (Å²) in [6.07, 6.45) is -4.54. The number of benzene rings is 2. The van der Waals surface area contributed by atoms with Crippen LogP contribution in [-0.4, -0.2) is 10.9 Å². The van der Waals surface area contributed by atoms with Crippen LogP contribution in [-0.2, 0) is 6.18 Å². The van der Waals surface area contributed by atoms with Gasteiger partial charge in [0.25, 0.3) is 5.91 Å². The molecule has 0 bridgehead atoms. The molecule has 3 aromatic rings. The number of para-hydroxylation sites is 1. The van der Waals surface area contributed by atoms with Gasteiger partial charge in [0.1, 0.15) is 5.76 Å². The van der Waals surface area contributed by atoms with E-state index in [1.807, 2.05) is 6.07 Å². The predicted molar refractivity (Wildman–Crippen MR) is 89.2 cm³/mol. The van der Waals surface area contributed by atoms with Gasteiger partial charge in [-0.2, -0.15) is 13.2 Å². The summed E-state index contributed by atoms with van der Waals surface area (Å²) in [7, 11) is 0. The number of hydrazine groups is 1. The average Bonchev–Trinajstić information content (AvgIpc) is 3.02. The van der Waals surface area contributed by atoms with Crippen molar-refractivity contribution in [2.75, 3.05) is 5.43 Å². The molecule has 8 heteroatoms. The van der Waals surface area contributed by atoms with Gasteiger partial charge in [0.2, 0.25) is 5.89 Å². The number of nitrogens with one attached hydrogen (secondary N) is 2. The molecule has 0 aliphatic carbocycles. The Kier molecular flexibility index (Phi) is 4.66. The minimum atomic E-state index is -4.54. The highest BCUT2D eigenvalue weighted by Gasteiger charge is 2.33. The molecule has 1 heterocycles. The number of nitrogens with zero attached hydrogens (tertiary/aromatic N) is 1.